The molecule has 1 atom stereocenters. The average Bonchev–Trinajstić information content (AvgIpc) is 2.75. The van der Waals surface area contributed by atoms with Crippen molar-refractivity contribution in [2.24, 2.45) is 0 Å². The highest BCUT2D eigenvalue weighted by atomic mass is 79.9. The first-order chi connectivity index (χ1) is 8.10. The summed E-state index contributed by atoms with van der Waals surface area (Å²) >= 11 is 3.20. The minimum Gasteiger partial charge on any atom is -0.384 e. The minimum absolute atomic E-state index is 0.378. The zero-order chi connectivity index (χ0) is 12.4. The molecular weight excluding hydrogens is 287 g/mol. The van der Waals surface area contributed by atoms with Crippen molar-refractivity contribution in [3.8, 4) is 0 Å². The minimum atomic E-state index is -0.859. The van der Waals surface area contributed by atoms with E-state index in [-0.39, 0.29) is 5.82 Å². The number of aromatic nitrogens is 2. The number of nitrogens with zero attached hydrogens (tertiary/aromatic N) is 2. The Morgan fingerprint density at radius 1 is 1.41 bits per heavy atom. The monoisotopic (exact) mass is 298 g/mol. The van der Waals surface area contributed by atoms with Crippen LogP contribution in [-0.2, 0) is 6.54 Å². The molecule has 0 spiro atoms. The quantitative estimate of drug-likeness (QED) is 0.946. The van der Waals surface area contributed by atoms with Gasteiger partial charge in [-0.25, -0.2) is 4.39 Å². The van der Waals surface area contributed by atoms with Gasteiger partial charge in [0.15, 0.2) is 0 Å². The first kappa shape index (κ1) is 12.3. The van der Waals surface area contributed by atoms with E-state index in [0.29, 0.717) is 15.6 Å². The second kappa shape index (κ2) is 4.98. The molecule has 0 aliphatic heterocycles. The van der Waals surface area contributed by atoms with Crippen LogP contribution in [0.25, 0.3) is 0 Å². The molecule has 2 aromatic rings. The van der Waals surface area contributed by atoms with E-state index in [4.69, 9.17) is 0 Å². The van der Waals surface area contributed by atoms with Crippen molar-refractivity contribution < 1.29 is 9.50 Å². The lowest BCUT2D eigenvalue weighted by molar-refractivity contribution is 0.219. The van der Waals surface area contributed by atoms with Crippen LogP contribution >= 0.6 is 15.9 Å². The molecule has 3 nitrogen and oxygen atoms in total. The second-order valence-corrected chi connectivity index (χ2v) is 4.65. The first-order valence-electron chi connectivity index (χ1n) is 5.26. The van der Waals surface area contributed by atoms with Crippen LogP contribution in [-0.4, -0.2) is 14.9 Å². The Hall–Kier alpha value is -1.20. The molecule has 2 rings (SSSR count). The van der Waals surface area contributed by atoms with Gasteiger partial charge in [-0.2, -0.15) is 5.10 Å². The lowest BCUT2D eigenvalue weighted by Gasteiger charge is -2.09. The van der Waals surface area contributed by atoms with E-state index in [1.54, 1.807) is 23.1 Å². The maximum Gasteiger partial charge on any atom is 0.124 e. The van der Waals surface area contributed by atoms with Gasteiger partial charge in [-0.05, 0) is 30.7 Å². The van der Waals surface area contributed by atoms with Crippen molar-refractivity contribution >= 4 is 15.9 Å². The molecule has 0 aliphatic rings. The van der Waals surface area contributed by atoms with Gasteiger partial charge >= 0.3 is 0 Å². The Labute approximate surface area is 107 Å². The Balaban J connectivity index is 2.32. The van der Waals surface area contributed by atoms with E-state index in [1.165, 1.54) is 12.1 Å². The van der Waals surface area contributed by atoms with Gasteiger partial charge in [0.2, 0.25) is 0 Å². The molecule has 5 heteroatoms. The van der Waals surface area contributed by atoms with Crippen LogP contribution in [0, 0.1) is 5.82 Å². The Bertz CT molecular complexity index is 507. The van der Waals surface area contributed by atoms with Crippen molar-refractivity contribution in [3.63, 3.8) is 0 Å². The summed E-state index contributed by atoms with van der Waals surface area (Å²) in [5, 5.41) is 14.2. The van der Waals surface area contributed by atoms with Crippen LogP contribution in [0.3, 0.4) is 0 Å². The normalized spacial score (nSPS) is 12.7. The largest absolute Gasteiger partial charge is 0.384 e. The number of aliphatic hydroxyl groups excluding tert-OH is 1. The Kier molecular flexibility index (Phi) is 3.59. The van der Waals surface area contributed by atoms with Gasteiger partial charge in [0, 0.05) is 22.8 Å². The zero-order valence-electron chi connectivity index (χ0n) is 9.27. The van der Waals surface area contributed by atoms with Gasteiger partial charge in [0.1, 0.15) is 11.9 Å². The van der Waals surface area contributed by atoms with Gasteiger partial charge in [-0.15, -0.1) is 0 Å². The predicted octanol–water partition coefficient (Wildman–Crippen LogP) is 2.89. The lowest BCUT2D eigenvalue weighted by Crippen LogP contribution is -1.99. The molecule has 17 heavy (non-hydrogen) atoms. The summed E-state index contributed by atoms with van der Waals surface area (Å²) in [6.45, 7) is 2.70. The number of hydrogen-bond acceptors (Lipinski definition) is 2. The van der Waals surface area contributed by atoms with Crippen LogP contribution in [0.15, 0.2) is 35.1 Å². The van der Waals surface area contributed by atoms with Crippen LogP contribution in [0.5, 0.6) is 0 Å². The van der Waals surface area contributed by atoms with Crippen molar-refractivity contribution in [3.05, 3.63) is 52.0 Å². The number of benzene rings is 1. The van der Waals surface area contributed by atoms with Crippen LogP contribution in [0.4, 0.5) is 4.39 Å². The smallest absolute Gasteiger partial charge is 0.124 e. The van der Waals surface area contributed by atoms with E-state index in [0.717, 1.165) is 6.54 Å². The van der Waals surface area contributed by atoms with Gasteiger partial charge in [-0.3, -0.25) is 4.68 Å². The van der Waals surface area contributed by atoms with Gasteiger partial charge in [0.25, 0.3) is 0 Å². The molecule has 0 bridgehead atoms. The summed E-state index contributed by atoms with van der Waals surface area (Å²) in [5.41, 5.74) is 1.16. The zero-order valence-corrected chi connectivity index (χ0v) is 10.9. The molecule has 1 heterocycles. The van der Waals surface area contributed by atoms with Crippen molar-refractivity contribution in [1.82, 2.24) is 9.78 Å². The maximum absolute atomic E-state index is 13.2. The van der Waals surface area contributed by atoms with Crippen LogP contribution in [0.2, 0.25) is 0 Å². The molecule has 1 aromatic carbocycles. The van der Waals surface area contributed by atoms with E-state index >= 15 is 0 Å². The van der Waals surface area contributed by atoms with E-state index in [1.807, 2.05) is 6.92 Å². The fourth-order valence-electron chi connectivity index (χ4n) is 1.62. The number of halogens is 2. The van der Waals surface area contributed by atoms with Gasteiger partial charge < -0.3 is 5.11 Å². The predicted molar refractivity (Wildman–Crippen MR) is 66.1 cm³/mol. The molecule has 0 aliphatic carbocycles. The van der Waals surface area contributed by atoms with Crippen LogP contribution in [0.1, 0.15) is 24.2 Å². The Morgan fingerprint density at radius 2 is 2.18 bits per heavy atom. The van der Waals surface area contributed by atoms with E-state index < -0.39 is 6.10 Å². The molecule has 0 fully saturated rings. The third-order valence-corrected chi connectivity index (χ3v) is 2.95. The van der Waals surface area contributed by atoms with E-state index in [2.05, 4.69) is 21.0 Å². The van der Waals surface area contributed by atoms with Crippen molar-refractivity contribution in [2.75, 3.05) is 0 Å². The highest BCUT2D eigenvalue weighted by Crippen LogP contribution is 2.25. The molecule has 1 unspecified atom stereocenters. The summed E-state index contributed by atoms with van der Waals surface area (Å²) in [6, 6.07) is 4.36. The highest BCUT2D eigenvalue weighted by Gasteiger charge is 2.14. The van der Waals surface area contributed by atoms with Crippen molar-refractivity contribution in [2.45, 2.75) is 19.6 Å². The summed E-state index contributed by atoms with van der Waals surface area (Å²) in [5.74, 6) is -0.378. The summed E-state index contributed by atoms with van der Waals surface area (Å²) in [6.07, 6.45) is 2.48. The number of hydrogen-bond donors (Lipinski definition) is 1. The fraction of sp³-hybridized carbons (Fsp3) is 0.250. The Morgan fingerprint density at radius 3 is 2.76 bits per heavy atom. The number of rotatable bonds is 3. The molecule has 0 amide bonds. The summed E-state index contributed by atoms with van der Waals surface area (Å²) < 4.78 is 15.5. The molecular formula is C12H12BrFN2O. The molecule has 90 valence electrons. The average molecular weight is 299 g/mol. The fourth-order valence-corrected chi connectivity index (χ4v) is 2.10. The molecule has 0 saturated carbocycles. The summed E-state index contributed by atoms with van der Waals surface area (Å²) in [4.78, 5) is 0. The highest BCUT2D eigenvalue weighted by molar-refractivity contribution is 9.10. The molecule has 0 saturated heterocycles. The topological polar surface area (TPSA) is 38.0 Å². The second-order valence-electron chi connectivity index (χ2n) is 3.73. The summed E-state index contributed by atoms with van der Waals surface area (Å²) in [7, 11) is 0. The third kappa shape index (κ3) is 2.73. The number of aryl methyl sites for hydroxylation is 1. The molecule has 0 radical (unpaired) electrons. The van der Waals surface area contributed by atoms with Gasteiger partial charge in [0.05, 0.1) is 6.20 Å². The lowest BCUT2D eigenvalue weighted by atomic mass is 10.0. The SMILES string of the molecule is CCn1cc(C(O)c2cc(F)cc(Br)c2)cn1. The van der Waals surface area contributed by atoms with Crippen molar-refractivity contribution in [1.29, 1.82) is 0 Å². The molecule has 1 N–H and O–H groups in total. The standard InChI is InChI=1S/C12H12BrFN2O/c1-2-16-7-9(6-15-16)12(17)8-3-10(13)5-11(14)4-8/h3-7,12,17H,2H2,1H3. The van der Waals surface area contributed by atoms with Gasteiger partial charge in [-0.1, -0.05) is 15.9 Å². The maximum atomic E-state index is 13.2. The van der Waals surface area contributed by atoms with Crippen LogP contribution < -0.4 is 0 Å². The first-order valence-corrected chi connectivity index (χ1v) is 6.06. The number of aliphatic hydroxyl groups is 1. The van der Waals surface area contributed by atoms with E-state index in [9.17, 15) is 9.50 Å². The third-order valence-electron chi connectivity index (χ3n) is 2.49. The molecule has 1 aromatic heterocycles.